The summed E-state index contributed by atoms with van der Waals surface area (Å²) < 4.78 is 1.82. The lowest BCUT2D eigenvalue weighted by Gasteiger charge is -2.32. The summed E-state index contributed by atoms with van der Waals surface area (Å²) in [6.07, 6.45) is 12.7. The lowest BCUT2D eigenvalue weighted by Crippen LogP contribution is -2.47. The molecule has 3 aliphatic carbocycles. The second-order valence-electron chi connectivity index (χ2n) is 7.79. The van der Waals surface area contributed by atoms with Crippen molar-refractivity contribution in [3.8, 4) is 0 Å². The third kappa shape index (κ3) is 2.98. The van der Waals surface area contributed by atoms with Crippen molar-refractivity contribution < 1.29 is 4.79 Å². The number of amides is 2. The number of carbonyl (C=O) groups is 1. The van der Waals surface area contributed by atoms with Gasteiger partial charge >= 0.3 is 6.03 Å². The van der Waals surface area contributed by atoms with E-state index >= 15 is 0 Å². The smallest absolute Gasteiger partial charge is 0.315 e. The van der Waals surface area contributed by atoms with E-state index in [4.69, 9.17) is 0 Å². The highest BCUT2D eigenvalue weighted by molar-refractivity contribution is 5.74. The van der Waals surface area contributed by atoms with E-state index in [1.54, 1.807) is 0 Å². The zero-order chi connectivity index (χ0) is 15.8. The predicted octanol–water partition coefficient (Wildman–Crippen LogP) is 2.48. The molecule has 3 fully saturated rings. The molecule has 1 heterocycles. The Kier molecular flexibility index (Phi) is 4.04. The molecule has 0 unspecified atom stereocenters. The Bertz CT molecular complexity index is 569. The molecule has 3 saturated carbocycles. The first-order chi connectivity index (χ1) is 11.2. The Morgan fingerprint density at radius 2 is 2.17 bits per heavy atom. The molecule has 5 atom stereocenters. The van der Waals surface area contributed by atoms with E-state index in [-0.39, 0.29) is 6.03 Å². The van der Waals surface area contributed by atoms with E-state index in [9.17, 15) is 4.79 Å². The highest BCUT2D eigenvalue weighted by atomic mass is 16.2. The molecular formula is C18H28N4O. The number of hydrogen-bond donors (Lipinski definition) is 2. The minimum atomic E-state index is 0.0308. The molecule has 0 aliphatic heterocycles. The second kappa shape index (κ2) is 6.17. The number of urea groups is 1. The first kappa shape index (κ1) is 15.0. The third-order valence-corrected chi connectivity index (χ3v) is 6.43. The topological polar surface area (TPSA) is 59.0 Å². The standard InChI is InChI=1S/C18H28N4O/c1-22-11-12(10-20-22)4-3-7-19-18(23)21-17-9-13-8-16(17)15-6-2-5-14(13)15/h10-11,13-17H,2-9H2,1H3,(H2,19,21,23)/t13-,14-,15-,16+,17-/m1/s1. The Hall–Kier alpha value is -1.52. The van der Waals surface area contributed by atoms with E-state index in [1.807, 2.05) is 24.1 Å². The molecule has 5 nitrogen and oxygen atoms in total. The van der Waals surface area contributed by atoms with E-state index in [0.29, 0.717) is 6.04 Å². The van der Waals surface area contributed by atoms with E-state index < -0.39 is 0 Å². The van der Waals surface area contributed by atoms with Crippen molar-refractivity contribution >= 4 is 6.03 Å². The summed E-state index contributed by atoms with van der Waals surface area (Å²) in [5.74, 6) is 3.54. The Balaban J connectivity index is 1.18. The number of aromatic nitrogens is 2. The van der Waals surface area contributed by atoms with Gasteiger partial charge in [0.05, 0.1) is 6.20 Å². The first-order valence-corrected chi connectivity index (χ1v) is 9.22. The molecule has 1 aromatic rings. The van der Waals surface area contributed by atoms with Crippen molar-refractivity contribution in [1.29, 1.82) is 0 Å². The van der Waals surface area contributed by atoms with Gasteiger partial charge in [0.2, 0.25) is 0 Å². The zero-order valence-electron chi connectivity index (χ0n) is 14.0. The molecule has 3 aliphatic rings. The van der Waals surface area contributed by atoms with E-state index in [2.05, 4.69) is 15.7 Å². The van der Waals surface area contributed by atoms with Crippen LogP contribution < -0.4 is 10.6 Å². The maximum atomic E-state index is 12.1. The zero-order valence-corrected chi connectivity index (χ0v) is 14.0. The lowest BCUT2D eigenvalue weighted by atomic mass is 9.79. The highest BCUT2D eigenvalue weighted by Crippen LogP contribution is 2.58. The van der Waals surface area contributed by atoms with Crippen molar-refractivity contribution in [3.05, 3.63) is 18.0 Å². The molecule has 126 valence electrons. The Morgan fingerprint density at radius 1 is 1.30 bits per heavy atom. The van der Waals surface area contributed by atoms with Crippen LogP contribution in [0, 0.1) is 23.7 Å². The van der Waals surface area contributed by atoms with Crippen LogP contribution in [0.5, 0.6) is 0 Å². The summed E-state index contributed by atoms with van der Waals surface area (Å²) in [7, 11) is 1.93. The summed E-state index contributed by atoms with van der Waals surface area (Å²) in [5.41, 5.74) is 1.23. The number of nitrogens with zero attached hydrogens (tertiary/aromatic N) is 2. The van der Waals surface area contributed by atoms with Crippen molar-refractivity contribution in [2.45, 2.75) is 51.0 Å². The number of rotatable bonds is 5. The Labute approximate surface area is 138 Å². The van der Waals surface area contributed by atoms with Crippen LogP contribution >= 0.6 is 0 Å². The van der Waals surface area contributed by atoms with Gasteiger partial charge in [-0.15, -0.1) is 0 Å². The molecule has 0 saturated heterocycles. The fraction of sp³-hybridized carbons (Fsp3) is 0.778. The van der Waals surface area contributed by atoms with Crippen LogP contribution in [-0.2, 0) is 13.5 Å². The van der Waals surface area contributed by atoms with E-state index in [0.717, 1.165) is 43.1 Å². The average Bonchev–Trinajstić information content (AvgIpc) is 3.25. The SMILES string of the molecule is Cn1cc(CCCNC(=O)N[C@@H]2C[C@H]3C[C@H]2[C@@H]2CCC[C@H]32)cn1. The molecule has 5 heteroatoms. The lowest BCUT2D eigenvalue weighted by molar-refractivity contribution is 0.198. The van der Waals surface area contributed by atoms with Crippen molar-refractivity contribution in [2.24, 2.45) is 30.7 Å². The van der Waals surface area contributed by atoms with Gasteiger partial charge in [-0.2, -0.15) is 5.10 Å². The van der Waals surface area contributed by atoms with Gasteiger partial charge in [0, 0.05) is 25.8 Å². The highest BCUT2D eigenvalue weighted by Gasteiger charge is 2.53. The van der Waals surface area contributed by atoms with Crippen molar-refractivity contribution in [3.63, 3.8) is 0 Å². The van der Waals surface area contributed by atoms with Gasteiger partial charge in [0.25, 0.3) is 0 Å². The van der Waals surface area contributed by atoms with Crippen LogP contribution in [0.15, 0.2) is 12.4 Å². The number of carbonyl (C=O) groups excluding carboxylic acids is 1. The van der Waals surface area contributed by atoms with Crippen LogP contribution in [0.25, 0.3) is 0 Å². The quantitative estimate of drug-likeness (QED) is 0.820. The minimum absolute atomic E-state index is 0.0308. The van der Waals surface area contributed by atoms with Gasteiger partial charge in [-0.3, -0.25) is 4.68 Å². The molecule has 0 radical (unpaired) electrons. The summed E-state index contributed by atoms with van der Waals surface area (Å²) in [6, 6.07) is 0.459. The largest absolute Gasteiger partial charge is 0.338 e. The summed E-state index contributed by atoms with van der Waals surface area (Å²) >= 11 is 0. The molecule has 2 N–H and O–H groups in total. The normalized spacial score (nSPS) is 34.6. The van der Waals surface area contributed by atoms with Crippen LogP contribution in [-0.4, -0.2) is 28.4 Å². The molecule has 4 rings (SSSR count). The number of fused-ring (bicyclic) bond motifs is 5. The molecule has 0 aromatic carbocycles. The van der Waals surface area contributed by atoms with Crippen molar-refractivity contribution in [2.75, 3.05) is 6.54 Å². The number of nitrogens with one attached hydrogen (secondary N) is 2. The van der Waals surface area contributed by atoms with Gasteiger partial charge in [0.1, 0.15) is 0 Å². The predicted molar refractivity (Wildman–Crippen MR) is 88.9 cm³/mol. The number of aryl methyl sites for hydroxylation is 2. The van der Waals surface area contributed by atoms with Gasteiger partial charge in [-0.05, 0) is 67.8 Å². The molecule has 0 spiro atoms. The van der Waals surface area contributed by atoms with Crippen LogP contribution in [0.1, 0.15) is 44.1 Å². The van der Waals surface area contributed by atoms with E-state index in [1.165, 1.54) is 37.7 Å². The fourth-order valence-corrected chi connectivity index (χ4v) is 5.55. The molecular weight excluding hydrogens is 288 g/mol. The van der Waals surface area contributed by atoms with Gasteiger partial charge in [-0.1, -0.05) is 6.42 Å². The minimum Gasteiger partial charge on any atom is -0.338 e. The second-order valence-corrected chi connectivity index (χ2v) is 7.79. The summed E-state index contributed by atoms with van der Waals surface area (Å²) in [4.78, 5) is 12.1. The monoisotopic (exact) mass is 316 g/mol. The summed E-state index contributed by atoms with van der Waals surface area (Å²) in [6.45, 7) is 0.730. The molecule has 2 amide bonds. The third-order valence-electron chi connectivity index (χ3n) is 6.43. The van der Waals surface area contributed by atoms with Crippen LogP contribution in [0.4, 0.5) is 4.79 Å². The van der Waals surface area contributed by atoms with Crippen LogP contribution in [0.3, 0.4) is 0 Å². The molecule has 1 aromatic heterocycles. The first-order valence-electron chi connectivity index (χ1n) is 9.22. The van der Waals surface area contributed by atoms with Gasteiger partial charge in [0.15, 0.2) is 0 Å². The summed E-state index contributed by atoms with van der Waals surface area (Å²) in [5, 5.41) is 10.5. The average molecular weight is 316 g/mol. The molecule has 23 heavy (non-hydrogen) atoms. The Morgan fingerprint density at radius 3 is 3.00 bits per heavy atom. The van der Waals surface area contributed by atoms with Gasteiger partial charge in [-0.25, -0.2) is 4.79 Å². The van der Waals surface area contributed by atoms with Crippen LogP contribution in [0.2, 0.25) is 0 Å². The van der Waals surface area contributed by atoms with Gasteiger partial charge < -0.3 is 10.6 Å². The number of hydrogen-bond acceptors (Lipinski definition) is 2. The maximum absolute atomic E-state index is 12.1. The maximum Gasteiger partial charge on any atom is 0.315 e. The fourth-order valence-electron chi connectivity index (χ4n) is 5.55. The van der Waals surface area contributed by atoms with Crippen molar-refractivity contribution in [1.82, 2.24) is 20.4 Å². The molecule has 2 bridgehead atoms.